The van der Waals surface area contributed by atoms with E-state index in [9.17, 15) is 4.79 Å². The first-order valence-electron chi connectivity index (χ1n) is 8.28. The second kappa shape index (κ2) is 8.14. The van der Waals surface area contributed by atoms with Gasteiger partial charge in [-0.3, -0.25) is 4.79 Å². The molecular weight excluding hydrogens is 366 g/mol. The highest BCUT2D eigenvalue weighted by Crippen LogP contribution is 2.29. The Morgan fingerprint density at radius 3 is 2.26 bits per heavy atom. The van der Waals surface area contributed by atoms with Crippen LogP contribution in [0.25, 0.3) is 0 Å². The minimum atomic E-state index is -0.489. The van der Waals surface area contributed by atoms with Crippen molar-refractivity contribution in [3.63, 3.8) is 0 Å². The van der Waals surface area contributed by atoms with Gasteiger partial charge in [0.2, 0.25) is 0 Å². The molecular formula is C20H20ClN3O3. The number of hydrogen-bond donors (Lipinski definition) is 1. The van der Waals surface area contributed by atoms with Gasteiger partial charge < -0.3 is 19.4 Å². The molecule has 2 aromatic carbocycles. The van der Waals surface area contributed by atoms with Gasteiger partial charge in [0.1, 0.15) is 23.4 Å². The first-order chi connectivity index (χ1) is 13.0. The zero-order valence-electron chi connectivity index (χ0n) is 15.3. The second-order valence-corrected chi connectivity index (χ2v) is 6.39. The number of aryl methyl sites for hydroxylation is 1. The van der Waals surface area contributed by atoms with Crippen molar-refractivity contribution in [1.82, 2.24) is 14.9 Å². The number of methoxy groups -OCH3 is 2. The summed E-state index contributed by atoms with van der Waals surface area (Å²) < 4.78 is 12.6. The fraction of sp³-hybridized carbons (Fsp3) is 0.200. The molecule has 3 rings (SSSR count). The molecule has 1 unspecified atom stereocenters. The molecule has 1 heterocycles. The molecule has 0 saturated carbocycles. The molecule has 1 N–H and O–H groups in total. The van der Waals surface area contributed by atoms with E-state index >= 15 is 0 Å². The summed E-state index contributed by atoms with van der Waals surface area (Å²) in [4.78, 5) is 17.2. The number of ether oxygens (including phenoxy) is 2. The standard InChI is InChI=1S/C20H20ClN3O3/c1-24-9-8-22-19(24)18(14-10-16(26-2)12-17(11-14)27-3)23-20(25)13-4-6-15(21)7-5-13/h4-12,18H,1-3H3,(H,23,25). The lowest BCUT2D eigenvalue weighted by Gasteiger charge is -2.20. The van der Waals surface area contributed by atoms with E-state index in [1.54, 1.807) is 50.7 Å². The van der Waals surface area contributed by atoms with Crippen LogP contribution in [0.2, 0.25) is 5.02 Å². The van der Waals surface area contributed by atoms with E-state index < -0.39 is 6.04 Å². The zero-order valence-corrected chi connectivity index (χ0v) is 16.0. The molecule has 0 spiro atoms. The predicted molar refractivity (Wildman–Crippen MR) is 104 cm³/mol. The number of carbonyl (C=O) groups excluding carboxylic acids is 1. The highest BCUT2D eigenvalue weighted by Gasteiger charge is 2.23. The summed E-state index contributed by atoms with van der Waals surface area (Å²) >= 11 is 5.91. The molecule has 0 bridgehead atoms. The Balaban J connectivity index is 2.01. The monoisotopic (exact) mass is 385 g/mol. The Hall–Kier alpha value is -2.99. The van der Waals surface area contributed by atoms with Crippen molar-refractivity contribution in [3.8, 4) is 11.5 Å². The first-order valence-corrected chi connectivity index (χ1v) is 8.66. The van der Waals surface area contributed by atoms with E-state index in [-0.39, 0.29) is 5.91 Å². The fourth-order valence-corrected chi connectivity index (χ4v) is 2.89. The van der Waals surface area contributed by atoms with Crippen molar-refractivity contribution in [1.29, 1.82) is 0 Å². The number of rotatable bonds is 6. The maximum atomic E-state index is 12.8. The summed E-state index contributed by atoms with van der Waals surface area (Å²) in [5.74, 6) is 1.71. The van der Waals surface area contributed by atoms with E-state index in [1.807, 2.05) is 29.9 Å². The van der Waals surface area contributed by atoms with Crippen LogP contribution >= 0.6 is 11.6 Å². The minimum absolute atomic E-state index is 0.235. The van der Waals surface area contributed by atoms with E-state index in [0.29, 0.717) is 27.9 Å². The van der Waals surface area contributed by atoms with Gasteiger partial charge in [0.25, 0.3) is 5.91 Å². The predicted octanol–water partition coefficient (Wildman–Crippen LogP) is 3.61. The van der Waals surface area contributed by atoms with Crippen LogP contribution in [0.5, 0.6) is 11.5 Å². The molecule has 1 atom stereocenters. The summed E-state index contributed by atoms with van der Waals surface area (Å²) in [6.45, 7) is 0. The fourth-order valence-electron chi connectivity index (χ4n) is 2.76. The molecule has 0 saturated heterocycles. The van der Waals surface area contributed by atoms with Crippen LogP contribution in [0, 0.1) is 0 Å². The third kappa shape index (κ3) is 4.23. The van der Waals surface area contributed by atoms with Crippen LogP contribution < -0.4 is 14.8 Å². The van der Waals surface area contributed by atoms with Crippen LogP contribution in [0.4, 0.5) is 0 Å². The second-order valence-electron chi connectivity index (χ2n) is 5.96. The summed E-state index contributed by atoms with van der Waals surface area (Å²) in [7, 11) is 5.04. The molecule has 27 heavy (non-hydrogen) atoms. The lowest BCUT2D eigenvalue weighted by molar-refractivity contribution is 0.0941. The van der Waals surface area contributed by atoms with E-state index in [0.717, 1.165) is 5.56 Å². The summed E-state index contributed by atoms with van der Waals surface area (Å²) in [6, 6.07) is 11.7. The number of amides is 1. The number of benzene rings is 2. The Kier molecular flexibility index (Phi) is 5.66. The van der Waals surface area contributed by atoms with Gasteiger partial charge in [0.15, 0.2) is 0 Å². The molecule has 1 amide bonds. The maximum Gasteiger partial charge on any atom is 0.252 e. The number of carbonyl (C=O) groups is 1. The first kappa shape index (κ1) is 18.8. The van der Waals surface area contributed by atoms with Crippen LogP contribution in [0.1, 0.15) is 27.8 Å². The van der Waals surface area contributed by atoms with Gasteiger partial charge in [-0.25, -0.2) is 4.98 Å². The molecule has 0 fully saturated rings. The third-order valence-corrected chi connectivity index (χ3v) is 4.46. The van der Waals surface area contributed by atoms with Gasteiger partial charge in [-0.05, 0) is 42.0 Å². The average Bonchev–Trinajstić information content (AvgIpc) is 3.11. The number of imidazole rings is 1. The zero-order chi connectivity index (χ0) is 19.4. The lowest BCUT2D eigenvalue weighted by atomic mass is 10.0. The summed E-state index contributed by atoms with van der Waals surface area (Å²) in [6.07, 6.45) is 3.52. The Morgan fingerprint density at radius 2 is 1.74 bits per heavy atom. The Bertz CT molecular complexity index is 916. The van der Waals surface area contributed by atoms with Gasteiger partial charge >= 0.3 is 0 Å². The minimum Gasteiger partial charge on any atom is -0.497 e. The van der Waals surface area contributed by atoms with Gasteiger partial charge in [-0.2, -0.15) is 0 Å². The molecule has 0 aliphatic carbocycles. The Labute approximate surface area is 162 Å². The SMILES string of the molecule is COc1cc(OC)cc(C(NC(=O)c2ccc(Cl)cc2)c2nccn2C)c1. The number of aromatic nitrogens is 2. The molecule has 140 valence electrons. The maximum absolute atomic E-state index is 12.8. The van der Waals surface area contributed by atoms with Gasteiger partial charge in [0.05, 0.1) is 14.2 Å². The quantitative estimate of drug-likeness (QED) is 0.704. The van der Waals surface area contributed by atoms with Crippen molar-refractivity contribution < 1.29 is 14.3 Å². The number of nitrogens with zero attached hydrogens (tertiary/aromatic N) is 2. The molecule has 3 aromatic rings. The smallest absolute Gasteiger partial charge is 0.252 e. The van der Waals surface area contributed by atoms with Crippen molar-refractivity contribution in [2.75, 3.05) is 14.2 Å². The Morgan fingerprint density at radius 1 is 1.11 bits per heavy atom. The number of hydrogen-bond acceptors (Lipinski definition) is 4. The highest BCUT2D eigenvalue weighted by molar-refractivity contribution is 6.30. The van der Waals surface area contributed by atoms with Gasteiger partial charge in [-0.1, -0.05) is 11.6 Å². The largest absolute Gasteiger partial charge is 0.497 e. The van der Waals surface area contributed by atoms with Crippen LogP contribution in [-0.2, 0) is 7.05 Å². The molecule has 0 aliphatic heterocycles. The number of nitrogens with one attached hydrogen (secondary N) is 1. The molecule has 6 nitrogen and oxygen atoms in total. The lowest BCUT2D eigenvalue weighted by Crippen LogP contribution is -2.31. The average molecular weight is 386 g/mol. The van der Waals surface area contributed by atoms with Crippen molar-refractivity contribution in [3.05, 3.63) is 76.8 Å². The van der Waals surface area contributed by atoms with Crippen LogP contribution in [0.15, 0.2) is 54.9 Å². The van der Waals surface area contributed by atoms with Crippen LogP contribution in [0.3, 0.4) is 0 Å². The number of halogens is 1. The third-order valence-electron chi connectivity index (χ3n) is 4.21. The van der Waals surface area contributed by atoms with Crippen molar-refractivity contribution in [2.45, 2.75) is 6.04 Å². The molecule has 7 heteroatoms. The van der Waals surface area contributed by atoms with E-state index in [4.69, 9.17) is 21.1 Å². The van der Waals surface area contributed by atoms with E-state index in [1.165, 1.54) is 0 Å². The topological polar surface area (TPSA) is 65.4 Å². The van der Waals surface area contributed by atoms with E-state index in [2.05, 4.69) is 10.3 Å². The molecule has 0 aliphatic rings. The summed E-state index contributed by atoms with van der Waals surface area (Å²) in [5.41, 5.74) is 1.30. The molecule has 0 radical (unpaired) electrons. The van der Waals surface area contributed by atoms with Crippen LogP contribution in [-0.4, -0.2) is 29.7 Å². The van der Waals surface area contributed by atoms with Gasteiger partial charge in [0, 0.05) is 36.1 Å². The normalized spacial score (nSPS) is 11.7. The summed E-state index contributed by atoms with van der Waals surface area (Å²) in [5, 5.41) is 3.61. The van der Waals surface area contributed by atoms with Crippen molar-refractivity contribution in [2.24, 2.45) is 7.05 Å². The van der Waals surface area contributed by atoms with Gasteiger partial charge in [-0.15, -0.1) is 0 Å². The highest BCUT2D eigenvalue weighted by atomic mass is 35.5. The molecule has 1 aromatic heterocycles. The van der Waals surface area contributed by atoms with Crippen molar-refractivity contribution >= 4 is 17.5 Å².